The largest absolute Gasteiger partial charge is 0.463 e. The van der Waals surface area contributed by atoms with Crippen molar-refractivity contribution < 1.29 is 14.6 Å². The maximum absolute atomic E-state index is 11.0. The van der Waals surface area contributed by atoms with Gasteiger partial charge < -0.3 is 9.84 Å². The van der Waals surface area contributed by atoms with E-state index >= 15 is 0 Å². The molecule has 0 saturated carbocycles. The summed E-state index contributed by atoms with van der Waals surface area (Å²) in [5.41, 5.74) is 3.50. The topological polar surface area (TPSA) is 72.5 Å². The van der Waals surface area contributed by atoms with Crippen molar-refractivity contribution in [2.45, 2.75) is 32.9 Å². The van der Waals surface area contributed by atoms with Gasteiger partial charge in [0.15, 0.2) is 0 Å². The van der Waals surface area contributed by atoms with E-state index < -0.39 is 11.7 Å². The summed E-state index contributed by atoms with van der Waals surface area (Å²) in [6, 6.07) is 0. The molecule has 0 aromatic heterocycles. The van der Waals surface area contributed by atoms with Crippen LogP contribution in [-0.4, -0.2) is 23.4 Å². The molecule has 4 nitrogen and oxygen atoms in total. The highest BCUT2D eigenvalue weighted by molar-refractivity contribution is 5.78. The van der Waals surface area contributed by atoms with Crippen LogP contribution in [0.5, 0.6) is 0 Å². The Labute approximate surface area is 72.7 Å². The average molecular weight is 175 g/mol. The molecule has 0 aromatic rings. The number of nitrogens with two attached hydrogens (primary N) is 1. The molecule has 0 unspecified atom stereocenters. The molecule has 4 heteroatoms. The van der Waals surface area contributed by atoms with Crippen LogP contribution in [0.3, 0.4) is 0 Å². The summed E-state index contributed by atoms with van der Waals surface area (Å²) in [6.07, 6.45) is 0.214. The van der Waals surface area contributed by atoms with Crippen LogP contribution >= 0.6 is 0 Å². The van der Waals surface area contributed by atoms with Crippen LogP contribution in [-0.2, 0) is 9.53 Å². The minimum atomic E-state index is -1.83. The molecule has 0 heterocycles. The van der Waals surface area contributed by atoms with Gasteiger partial charge in [0.05, 0.1) is 6.61 Å². The van der Waals surface area contributed by atoms with Crippen LogP contribution in [0.1, 0.15) is 27.2 Å². The van der Waals surface area contributed by atoms with Gasteiger partial charge in [0, 0.05) is 6.42 Å². The zero-order valence-electron chi connectivity index (χ0n) is 7.83. The number of hydrogen-bond acceptors (Lipinski definition) is 4. The highest BCUT2D eigenvalue weighted by atomic mass is 16.6. The van der Waals surface area contributed by atoms with E-state index in [0.717, 1.165) is 0 Å². The van der Waals surface area contributed by atoms with Crippen LogP contribution in [0, 0.1) is 5.92 Å². The molecule has 0 bridgehead atoms. The standard InChI is InChI=1S/C8H17NO3/c1-4-12-7(10)8(9,11)5-6(2)3/h6,11H,4-5,9H2,1-3H3/t8-/m1/s1. The highest BCUT2D eigenvalue weighted by Crippen LogP contribution is 2.12. The summed E-state index contributed by atoms with van der Waals surface area (Å²) in [7, 11) is 0. The molecule has 12 heavy (non-hydrogen) atoms. The summed E-state index contributed by atoms with van der Waals surface area (Å²) in [5.74, 6) is -0.594. The van der Waals surface area contributed by atoms with Gasteiger partial charge in [-0.25, -0.2) is 4.79 Å². The number of esters is 1. The van der Waals surface area contributed by atoms with E-state index in [1.165, 1.54) is 0 Å². The predicted octanol–water partition coefficient (Wildman–Crippen LogP) is 0.243. The van der Waals surface area contributed by atoms with Crippen molar-refractivity contribution in [3.05, 3.63) is 0 Å². The van der Waals surface area contributed by atoms with Crippen molar-refractivity contribution in [3.63, 3.8) is 0 Å². The van der Waals surface area contributed by atoms with Gasteiger partial charge in [0.25, 0.3) is 0 Å². The van der Waals surface area contributed by atoms with Gasteiger partial charge in [-0.3, -0.25) is 5.73 Å². The minimum absolute atomic E-state index is 0.157. The second-order valence-electron chi connectivity index (χ2n) is 3.24. The summed E-state index contributed by atoms with van der Waals surface area (Å²) in [4.78, 5) is 11.0. The highest BCUT2D eigenvalue weighted by Gasteiger charge is 2.33. The lowest BCUT2D eigenvalue weighted by Crippen LogP contribution is -2.49. The molecule has 0 rings (SSSR count). The van der Waals surface area contributed by atoms with E-state index in [4.69, 9.17) is 5.73 Å². The normalized spacial score (nSPS) is 15.8. The third-order valence-corrected chi connectivity index (χ3v) is 1.35. The predicted molar refractivity (Wildman–Crippen MR) is 45.2 cm³/mol. The van der Waals surface area contributed by atoms with E-state index in [9.17, 15) is 9.90 Å². The molecular formula is C8H17NO3. The Morgan fingerprint density at radius 2 is 2.17 bits per heavy atom. The Morgan fingerprint density at radius 3 is 2.50 bits per heavy atom. The lowest BCUT2D eigenvalue weighted by atomic mass is 10.0. The van der Waals surface area contributed by atoms with Crippen molar-refractivity contribution in [2.24, 2.45) is 11.7 Å². The fourth-order valence-corrected chi connectivity index (χ4v) is 0.962. The van der Waals surface area contributed by atoms with Crippen LogP contribution < -0.4 is 5.73 Å². The molecule has 1 atom stereocenters. The molecule has 0 radical (unpaired) electrons. The number of hydrogen-bond donors (Lipinski definition) is 2. The van der Waals surface area contributed by atoms with Gasteiger partial charge in [-0.05, 0) is 12.8 Å². The molecule has 0 amide bonds. The quantitative estimate of drug-likeness (QED) is 0.474. The van der Waals surface area contributed by atoms with Crippen molar-refractivity contribution in [1.29, 1.82) is 0 Å². The second kappa shape index (κ2) is 4.42. The first-order valence-corrected chi connectivity index (χ1v) is 4.08. The van der Waals surface area contributed by atoms with E-state index in [0.29, 0.717) is 0 Å². The zero-order valence-corrected chi connectivity index (χ0v) is 7.83. The van der Waals surface area contributed by atoms with Crippen LogP contribution in [0.15, 0.2) is 0 Å². The summed E-state index contributed by atoms with van der Waals surface area (Å²) >= 11 is 0. The van der Waals surface area contributed by atoms with E-state index in [1.807, 2.05) is 13.8 Å². The van der Waals surface area contributed by atoms with Gasteiger partial charge in [-0.1, -0.05) is 13.8 Å². The summed E-state index contributed by atoms with van der Waals surface area (Å²) in [5, 5.41) is 9.39. The monoisotopic (exact) mass is 175 g/mol. The molecule has 0 aliphatic heterocycles. The third kappa shape index (κ3) is 3.69. The number of ether oxygens (including phenoxy) is 1. The van der Waals surface area contributed by atoms with Gasteiger partial charge in [-0.2, -0.15) is 0 Å². The maximum Gasteiger partial charge on any atom is 0.353 e. The first kappa shape index (κ1) is 11.4. The molecule has 0 fully saturated rings. The van der Waals surface area contributed by atoms with E-state index in [1.54, 1.807) is 6.92 Å². The fraction of sp³-hybridized carbons (Fsp3) is 0.875. The number of aliphatic hydroxyl groups is 1. The Morgan fingerprint density at radius 1 is 1.67 bits per heavy atom. The maximum atomic E-state index is 11.0. The van der Waals surface area contributed by atoms with Crippen LogP contribution in [0.2, 0.25) is 0 Å². The lowest BCUT2D eigenvalue weighted by Gasteiger charge is -2.22. The lowest BCUT2D eigenvalue weighted by molar-refractivity contribution is -0.166. The Hall–Kier alpha value is -0.610. The fourth-order valence-electron chi connectivity index (χ4n) is 0.962. The zero-order chi connectivity index (χ0) is 9.78. The molecule has 0 spiro atoms. The molecule has 0 aliphatic rings. The van der Waals surface area contributed by atoms with Crippen molar-refractivity contribution in [3.8, 4) is 0 Å². The number of rotatable bonds is 4. The molecular weight excluding hydrogens is 158 g/mol. The molecule has 3 N–H and O–H groups in total. The first-order chi connectivity index (χ1) is 5.40. The summed E-state index contributed by atoms with van der Waals surface area (Å²) < 4.78 is 4.59. The molecule has 72 valence electrons. The molecule has 0 saturated heterocycles. The van der Waals surface area contributed by atoms with Crippen molar-refractivity contribution >= 4 is 5.97 Å². The molecule has 0 aromatic carbocycles. The van der Waals surface area contributed by atoms with Crippen molar-refractivity contribution in [2.75, 3.05) is 6.61 Å². The number of carbonyl (C=O) groups is 1. The Kier molecular flexibility index (Phi) is 4.20. The number of carbonyl (C=O) groups excluding carboxylic acids is 1. The first-order valence-electron chi connectivity index (χ1n) is 4.08. The third-order valence-electron chi connectivity index (χ3n) is 1.35. The Balaban J connectivity index is 4.09. The average Bonchev–Trinajstić information content (AvgIpc) is 1.85. The van der Waals surface area contributed by atoms with Crippen molar-refractivity contribution in [1.82, 2.24) is 0 Å². The second-order valence-corrected chi connectivity index (χ2v) is 3.24. The SMILES string of the molecule is CCOC(=O)[C@](N)(O)CC(C)C. The van der Waals surface area contributed by atoms with Crippen LogP contribution in [0.4, 0.5) is 0 Å². The van der Waals surface area contributed by atoms with Gasteiger partial charge in [-0.15, -0.1) is 0 Å². The van der Waals surface area contributed by atoms with Crippen LogP contribution in [0.25, 0.3) is 0 Å². The minimum Gasteiger partial charge on any atom is -0.463 e. The van der Waals surface area contributed by atoms with Gasteiger partial charge in [0.2, 0.25) is 5.72 Å². The smallest absolute Gasteiger partial charge is 0.353 e. The van der Waals surface area contributed by atoms with E-state index in [-0.39, 0.29) is 18.9 Å². The van der Waals surface area contributed by atoms with Gasteiger partial charge in [0.1, 0.15) is 0 Å². The van der Waals surface area contributed by atoms with Gasteiger partial charge >= 0.3 is 5.97 Å². The molecule has 0 aliphatic carbocycles. The summed E-state index contributed by atoms with van der Waals surface area (Å²) in [6.45, 7) is 5.65. The Bertz CT molecular complexity index is 154. The van der Waals surface area contributed by atoms with E-state index in [2.05, 4.69) is 4.74 Å².